The molecule has 0 spiro atoms. The molecule has 0 N–H and O–H groups in total. The third-order valence-corrected chi connectivity index (χ3v) is 4.33. The second kappa shape index (κ2) is 7.47. The molecule has 1 atom stereocenters. The lowest BCUT2D eigenvalue weighted by molar-refractivity contribution is 0.306. The first-order valence-electron chi connectivity index (χ1n) is 7.73. The van der Waals surface area contributed by atoms with E-state index in [1.807, 2.05) is 30.3 Å². The SMILES string of the molecule is CC(Br)c1ccc(-c2ccc(OCc3ccccc3)cc2)cc1. The Morgan fingerprint density at radius 3 is 1.91 bits per heavy atom. The summed E-state index contributed by atoms with van der Waals surface area (Å²) in [6.45, 7) is 2.73. The van der Waals surface area contributed by atoms with E-state index in [-0.39, 0.29) is 0 Å². The fourth-order valence-corrected chi connectivity index (χ4v) is 2.73. The molecular formula is C21H19BrO. The fourth-order valence-electron chi connectivity index (χ4n) is 2.43. The van der Waals surface area contributed by atoms with Crippen molar-refractivity contribution >= 4 is 15.9 Å². The molecule has 23 heavy (non-hydrogen) atoms. The van der Waals surface area contributed by atoms with E-state index in [4.69, 9.17) is 4.74 Å². The minimum atomic E-state index is 0.380. The molecule has 0 amide bonds. The highest BCUT2D eigenvalue weighted by molar-refractivity contribution is 9.09. The maximum absolute atomic E-state index is 5.83. The predicted octanol–water partition coefficient (Wildman–Crippen LogP) is 6.39. The van der Waals surface area contributed by atoms with Crippen LogP contribution in [-0.2, 0) is 6.61 Å². The van der Waals surface area contributed by atoms with Crippen LogP contribution in [0, 0.1) is 0 Å². The minimum absolute atomic E-state index is 0.380. The normalized spacial score (nSPS) is 11.9. The van der Waals surface area contributed by atoms with Crippen molar-refractivity contribution in [3.63, 3.8) is 0 Å². The van der Waals surface area contributed by atoms with Crippen molar-refractivity contribution in [2.24, 2.45) is 0 Å². The monoisotopic (exact) mass is 366 g/mol. The zero-order valence-corrected chi connectivity index (χ0v) is 14.7. The van der Waals surface area contributed by atoms with Crippen LogP contribution in [0.1, 0.15) is 22.9 Å². The second-order valence-electron chi connectivity index (χ2n) is 5.54. The highest BCUT2D eigenvalue weighted by Crippen LogP contribution is 2.27. The van der Waals surface area contributed by atoms with E-state index in [0.717, 1.165) is 5.75 Å². The van der Waals surface area contributed by atoms with E-state index in [0.29, 0.717) is 11.4 Å². The van der Waals surface area contributed by atoms with Gasteiger partial charge in [-0.05, 0) is 41.3 Å². The summed E-state index contributed by atoms with van der Waals surface area (Å²) in [5.41, 5.74) is 4.88. The molecule has 116 valence electrons. The number of benzene rings is 3. The summed E-state index contributed by atoms with van der Waals surface area (Å²) in [4.78, 5) is 0.380. The molecular weight excluding hydrogens is 348 g/mol. The van der Waals surface area contributed by atoms with Crippen LogP contribution in [0.5, 0.6) is 5.75 Å². The fraction of sp³-hybridized carbons (Fsp3) is 0.143. The average molecular weight is 367 g/mol. The molecule has 3 aromatic carbocycles. The third kappa shape index (κ3) is 4.23. The summed E-state index contributed by atoms with van der Waals surface area (Å²) in [6, 6.07) is 27.1. The standard InChI is InChI=1S/C21H19BrO/c1-16(22)18-7-9-19(10-8-18)20-11-13-21(14-12-20)23-15-17-5-3-2-4-6-17/h2-14,16H,15H2,1H3. The number of hydrogen-bond donors (Lipinski definition) is 0. The van der Waals surface area contributed by atoms with Crippen molar-refractivity contribution in [2.45, 2.75) is 18.4 Å². The van der Waals surface area contributed by atoms with Crippen molar-refractivity contribution in [1.82, 2.24) is 0 Å². The summed E-state index contributed by atoms with van der Waals surface area (Å²) in [6.07, 6.45) is 0. The molecule has 0 bridgehead atoms. The lowest BCUT2D eigenvalue weighted by atomic mass is 10.0. The lowest BCUT2D eigenvalue weighted by Crippen LogP contribution is -1.94. The molecule has 0 saturated carbocycles. The molecule has 0 aliphatic carbocycles. The largest absolute Gasteiger partial charge is 0.489 e. The molecule has 1 unspecified atom stereocenters. The number of ether oxygens (including phenoxy) is 1. The van der Waals surface area contributed by atoms with Gasteiger partial charge in [-0.3, -0.25) is 0 Å². The molecule has 0 saturated heterocycles. The molecule has 0 radical (unpaired) electrons. The molecule has 0 aliphatic heterocycles. The Kier molecular flexibility index (Phi) is 5.14. The van der Waals surface area contributed by atoms with Crippen LogP contribution in [0.15, 0.2) is 78.9 Å². The van der Waals surface area contributed by atoms with Gasteiger partial charge >= 0.3 is 0 Å². The van der Waals surface area contributed by atoms with Gasteiger partial charge in [0.2, 0.25) is 0 Å². The lowest BCUT2D eigenvalue weighted by Gasteiger charge is -2.09. The number of halogens is 1. The maximum atomic E-state index is 5.83. The molecule has 0 aromatic heterocycles. The van der Waals surface area contributed by atoms with Crippen molar-refractivity contribution in [3.8, 4) is 16.9 Å². The van der Waals surface area contributed by atoms with Crippen molar-refractivity contribution in [2.75, 3.05) is 0 Å². The Morgan fingerprint density at radius 1 is 0.783 bits per heavy atom. The zero-order chi connectivity index (χ0) is 16.1. The van der Waals surface area contributed by atoms with Crippen LogP contribution >= 0.6 is 15.9 Å². The Balaban J connectivity index is 1.67. The number of hydrogen-bond acceptors (Lipinski definition) is 1. The van der Waals surface area contributed by atoms with E-state index >= 15 is 0 Å². The summed E-state index contributed by atoms with van der Waals surface area (Å²) in [5, 5.41) is 0. The Morgan fingerprint density at radius 2 is 1.35 bits per heavy atom. The highest BCUT2D eigenvalue weighted by atomic mass is 79.9. The second-order valence-corrected chi connectivity index (χ2v) is 6.91. The topological polar surface area (TPSA) is 9.23 Å². The van der Waals surface area contributed by atoms with Crippen LogP contribution in [-0.4, -0.2) is 0 Å². The van der Waals surface area contributed by atoms with Gasteiger partial charge < -0.3 is 4.74 Å². The molecule has 0 fully saturated rings. The maximum Gasteiger partial charge on any atom is 0.119 e. The van der Waals surface area contributed by atoms with Crippen LogP contribution in [0.25, 0.3) is 11.1 Å². The van der Waals surface area contributed by atoms with Gasteiger partial charge in [-0.1, -0.05) is 82.7 Å². The molecule has 1 nitrogen and oxygen atoms in total. The van der Waals surface area contributed by atoms with E-state index in [2.05, 4.69) is 71.4 Å². The first kappa shape index (κ1) is 15.8. The van der Waals surface area contributed by atoms with Gasteiger partial charge in [-0.25, -0.2) is 0 Å². The molecule has 3 rings (SSSR count). The van der Waals surface area contributed by atoms with E-state index in [1.54, 1.807) is 0 Å². The van der Waals surface area contributed by atoms with Gasteiger partial charge in [0.15, 0.2) is 0 Å². The quantitative estimate of drug-likeness (QED) is 0.475. The first-order chi connectivity index (χ1) is 11.2. The van der Waals surface area contributed by atoms with Gasteiger partial charge in [0.05, 0.1) is 0 Å². The van der Waals surface area contributed by atoms with Crippen molar-refractivity contribution in [1.29, 1.82) is 0 Å². The highest BCUT2D eigenvalue weighted by Gasteiger charge is 2.03. The Hall–Kier alpha value is -2.06. The van der Waals surface area contributed by atoms with E-state index in [9.17, 15) is 0 Å². The summed E-state index contributed by atoms with van der Waals surface area (Å²) >= 11 is 3.59. The predicted molar refractivity (Wildman–Crippen MR) is 100.0 cm³/mol. The summed E-state index contributed by atoms with van der Waals surface area (Å²) in [5.74, 6) is 0.892. The first-order valence-corrected chi connectivity index (χ1v) is 8.65. The van der Waals surface area contributed by atoms with E-state index < -0.39 is 0 Å². The van der Waals surface area contributed by atoms with Crippen LogP contribution in [0.2, 0.25) is 0 Å². The van der Waals surface area contributed by atoms with Gasteiger partial charge in [0.1, 0.15) is 12.4 Å². The molecule has 3 aromatic rings. The zero-order valence-electron chi connectivity index (χ0n) is 13.1. The smallest absolute Gasteiger partial charge is 0.119 e. The van der Waals surface area contributed by atoms with Gasteiger partial charge in [0.25, 0.3) is 0 Å². The van der Waals surface area contributed by atoms with Crippen molar-refractivity contribution in [3.05, 3.63) is 90.0 Å². The van der Waals surface area contributed by atoms with E-state index in [1.165, 1.54) is 22.3 Å². The molecule has 0 aliphatic rings. The van der Waals surface area contributed by atoms with Crippen LogP contribution < -0.4 is 4.74 Å². The van der Waals surface area contributed by atoms with Crippen LogP contribution in [0.3, 0.4) is 0 Å². The Bertz CT molecular complexity index is 731. The minimum Gasteiger partial charge on any atom is -0.489 e. The third-order valence-electron chi connectivity index (χ3n) is 3.81. The Labute approximate surface area is 146 Å². The average Bonchev–Trinajstić information content (AvgIpc) is 2.61. The van der Waals surface area contributed by atoms with Gasteiger partial charge in [0, 0.05) is 4.83 Å². The molecule has 2 heteroatoms. The van der Waals surface area contributed by atoms with Gasteiger partial charge in [-0.15, -0.1) is 0 Å². The summed E-state index contributed by atoms with van der Waals surface area (Å²) in [7, 11) is 0. The molecule has 0 heterocycles. The van der Waals surface area contributed by atoms with Crippen molar-refractivity contribution < 1.29 is 4.74 Å². The van der Waals surface area contributed by atoms with Crippen LogP contribution in [0.4, 0.5) is 0 Å². The summed E-state index contributed by atoms with van der Waals surface area (Å²) < 4.78 is 5.83. The van der Waals surface area contributed by atoms with Gasteiger partial charge in [-0.2, -0.15) is 0 Å². The number of rotatable bonds is 5. The number of alkyl halides is 1.